The molecule has 152 valence electrons. The third-order valence-corrected chi connectivity index (χ3v) is 5.61. The molecule has 0 heterocycles. The molecular weight excluding hydrogens is 346 g/mol. The molecule has 2 atom stereocenters. The van der Waals surface area contributed by atoms with Crippen LogP contribution in [0.4, 0.5) is 0 Å². The maximum Gasteiger partial charge on any atom is 0.290 e. The third-order valence-electron chi connectivity index (χ3n) is 5.61. The molecule has 7 nitrogen and oxygen atoms in total. The van der Waals surface area contributed by atoms with E-state index < -0.39 is 29.3 Å². The van der Waals surface area contributed by atoms with Gasteiger partial charge in [0.2, 0.25) is 11.7 Å². The quantitative estimate of drug-likeness (QED) is 0.578. The Morgan fingerprint density at radius 1 is 1.11 bits per heavy atom. The van der Waals surface area contributed by atoms with Gasteiger partial charge in [-0.2, -0.15) is 0 Å². The van der Waals surface area contributed by atoms with Crippen LogP contribution in [0.3, 0.4) is 0 Å². The molecule has 0 aromatic carbocycles. The Bertz CT molecular complexity index is 582. The predicted molar refractivity (Wildman–Crippen MR) is 102 cm³/mol. The zero-order chi connectivity index (χ0) is 20.0. The maximum atomic E-state index is 12.7. The van der Waals surface area contributed by atoms with Gasteiger partial charge in [0, 0.05) is 6.42 Å². The summed E-state index contributed by atoms with van der Waals surface area (Å²) in [5.74, 6) is -1.77. The summed E-state index contributed by atoms with van der Waals surface area (Å²) in [7, 11) is 0. The minimum Gasteiger partial charge on any atom is -0.344 e. The highest BCUT2D eigenvalue weighted by molar-refractivity contribution is 6.38. The summed E-state index contributed by atoms with van der Waals surface area (Å²) in [6, 6.07) is -1.51. The van der Waals surface area contributed by atoms with Gasteiger partial charge in [-0.05, 0) is 38.0 Å². The molecule has 2 rings (SSSR count). The predicted octanol–water partition coefficient (Wildman–Crippen LogP) is 1.38. The second-order valence-corrected chi connectivity index (χ2v) is 8.47. The highest BCUT2D eigenvalue weighted by Crippen LogP contribution is 2.26. The molecule has 0 spiro atoms. The summed E-state index contributed by atoms with van der Waals surface area (Å²) in [5, 5.41) is 5.29. The second-order valence-electron chi connectivity index (χ2n) is 8.47. The lowest BCUT2D eigenvalue weighted by molar-refractivity contribution is -0.142. The van der Waals surface area contributed by atoms with Crippen molar-refractivity contribution in [3.63, 3.8) is 0 Å². The van der Waals surface area contributed by atoms with Gasteiger partial charge in [-0.25, -0.2) is 0 Å². The molecule has 0 aromatic rings. The van der Waals surface area contributed by atoms with Crippen LogP contribution in [0.2, 0.25) is 0 Å². The van der Waals surface area contributed by atoms with Crippen molar-refractivity contribution < 1.29 is 19.2 Å². The van der Waals surface area contributed by atoms with Crippen molar-refractivity contribution in [3.8, 4) is 0 Å². The average molecular weight is 380 g/mol. The summed E-state index contributed by atoms with van der Waals surface area (Å²) in [4.78, 5) is 49.7. The van der Waals surface area contributed by atoms with Crippen molar-refractivity contribution in [2.45, 2.75) is 95.7 Å². The lowest BCUT2D eigenvalue weighted by Crippen LogP contribution is -2.60. The Morgan fingerprint density at radius 3 is 2.37 bits per heavy atom. The van der Waals surface area contributed by atoms with Gasteiger partial charge in [-0.1, -0.05) is 39.5 Å². The van der Waals surface area contributed by atoms with Crippen LogP contribution in [0.5, 0.6) is 0 Å². The van der Waals surface area contributed by atoms with Gasteiger partial charge >= 0.3 is 0 Å². The minimum absolute atomic E-state index is 0.0324. The summed E-state index contributed by atoms with van der Waals surface area (Å²) >= 11 is 0. The van der Waals surface area contributed by atoms with Crippen LogP contribution in [0.15, 0.2) is 0 Å². The van der Waals surface area contributed by atoms with Crippen molar-refractivity contribution in [1.82, 2.24) is 10.6 Å². The molecule has 2 aliphatic carbocycles. The average Bonchev–Trinajstić information content (AvgIpc) is 2.62. The summed E-state index contributed by atoms with van der Waals surface area (Å²) < 4.78 is 0. The molecule has 1 unspecified atom stereocenters. The zero-order valence-electron chi connectivity index (χ0n) is 16.5. The van der Waals surface area contributed by atoms with E-state index in [4.69, 9.17) is 5.73 Å². The van der Waals surface area contributed by atoms with Crippen molar-refractivity contribution in [3.05, 3.63) is 0 Å². The fraction of sp³-hybridized carbons (Fsp3) is 0.800. The third kappa shape index (κ3) is 5.86. The number of nitrogens with two attached hydrogens (primary N) is 1. The number of carbonyl (C=O) groups excluding carboxylic acids is 4. The molecule has 0 saturated heterocycles. The normalized spacial score (nSPS) is 23.6. The standard InChI is InChI=1S/C20H33N3O4/c1-13(2)12-15(23-19(27)20(21)10-6-3-7-11-20)17(25)18(26)22-14-8-4-5-9-16(14)24/h13-15H,3-12,21H2,1-2H3,(H,22,26)(H,23,27)/t14?,15-/m0/s1. The van der Waals surface area contributed by atoms with Crippen LogP contribution in [0, 0.1) is 5.92 Å². The number of ketones is 2. The van der Waals surface area contributed by atoms with Crippen LogP contribution in [-0.4, -0.2) is 41.0 Å². The molecule has 0 aromatic heterocycles. The maximum absolute atomic E-state index is 12.7. The number of Topliss-reactive ketones (excluding diaryl/α,β-unsaturated/α-hetero) is 2. The largest absolute Gasteiger partial charge is 0.344 e. The van der Waals surface area contributed by atoms with Crippen molar-refractivity contribution in [1.29, 1.82) is 0 Å². The Kier molecular flexibility index (Phi) is 7.53. The van der Waals surface area contributed by atoms with Crippen LogP contribution >= 0.6 is 0 Å². The first-order valence-electron chi connectivity index (χ1n) is 10.2. The molecule has 0 aliphatic heterocycles. The van der Waals surface area contributed by atoms with Gasteiger partial charge in [0.25, 0.3) is 5.91 Å². The van der Waals surface area contributed by atoms with E-state index in [9.17, 15) is 19.2 Å². The highest BCUT2D eigenvalue weighted by Gasteiger charge is 2.39. The van der Waals surface area contributed by atoms with E-state index in [2.05, 4.69) is 10.6 Å². The smallest absolute Gasteiger partial charge is 0.290 e. The lowest BCUT2D eigenvalue weighted by Gasteiger charge is -2.33. The van der Waals surface area contributed by atoms with Crippen molar-refractivity contribution in [2.24, 2.45) is 11.7 Å². The van der Waals surface area contributed by atoms with E-state index >= 15 is 0 Å². The van der Waals surface area contributed by atoms with Gasteiger partial charge in [-0.15, -0.1) is 0 Å². The van der Waals surface area contributed by atoms with Crippen LogP contribution < -0.4 is 16.4 Å². The Balaban J connectivity index is 2.02. The summed E-state index contributed by atoms with van der Waals surface area (Å²) in [5.41, 5.74) is 5.29. The minimum atomic E-state index is -0.969. The van der Waals surface area contributed by atoms with Crippen molar-refractivity contribution in [2.75, 3.05) is 0 Å². The zero-order valence-corrected chi connectivity index (χ0v) is 16.5. The first-order valence-corrected chi connectivity index (χ1v) is 10.2. The molecule has 2 aliphatic rings. The molecular formula is C20H33N3O4. The van der Waals surface area contributed by atoms with Gasteiger partial charge < -0.3 is 16.4 Å². The molecule has 0 radical (unpaired) electrons. The molecule has 0 bridgehead atoms. The summed E-state index contributed by atoms with van der Waals surface area (Å²) in [6.07, 6.45) is 7.02. The molecule has 7 heteroatoms. The molecule has 27 heavy (non-hydrogen) atoms. The van der Waals surface area contributed by atoms with Gasteiger partial charge in [0.15, 0.2) is 5.78 Å². The molecule has 2 amide bonds. The monoisotopic (exact) mass is 379 g/mol. The Labute approximate surface area is 161 Å². The van der Waals surface area contributed by atoms with Crippen LogP contribution in [0.25, 0.3) is 0 Å². The molecule has 2 saturated carbocycles. The fourth-order valence-electron chi connectivity index (χ4n) is 3.94. The van der Waals surface area contributed by atoms with E-state index in [1.807, 2.05) is 13.8 Å². The SMILES string of the molecule is CC(C)C[C@H](NC(=O)C1(N)CCCCC1)C(=O)C(=O)NC1CCCCC1=O. The number of amides is 2. The van der Waals surface area contributed by atoms with Crippen LogP contribution in [0.1, 0.15) is 78.1 Å². The number of nitrogens with one attached hydrogen (secondary N) is 2. The topological polar surface area (TPSA) is 118 Å². The van der Waals surface area contributed by atoms with E-state index in [1.54, 1.807) is 0 Å². The number of hydrogen-bond donors (Lipinski definition) is 3. The first kappa shape index (κ1) is 21.5. The molecule has 4 N–H and O–H groups in total. The van der Waals surface area contributed by atoms with Crippen LogP contribution in [-0.2, 0) is 19.2 Å². The number of hydrogen-bond acceptors (Lipinski definition) is 5. The highest BCUT2D eigenvalue weighted by atomic mass is 16.2. The Hall–Kier alpha value is -1.76. The summed E-state index contributed by atoms with van der Waals surface area (Å²) in [6.45, 7) is 3.85. The van der Waals surface area contributed by atoms with E-state index in [-0.39, 0.29) is 17.6 Å². The van der Waals surface area contributed by atoms with E-state index in [1.165, 1.54) is 0 Å². The second kappa shape index (κ2) is 9.44. The lowest BCUT2D eigenvalue weighted by atomic mass is 9.81. The fourth-order valence-corrected chi connectivity index (χ4v) is 3.94. The van der Waals surface area contributed by atoms with Crippen molar-refractivity contribution >= 4 is 23.4 Å². The number of carbonyl (C=O) groups is 4. The molecule has 2 fully saturated rings. The van der Waals surface area contributed by atoms with E-state index in [0.29, 0.717) is 32.1 Å². The number of rotatable bonds is 7. The van der Waals surface area contributed by atoms with E-state index in [0.717, 1.165) is 32.1 Å². The van der Waals surface area contributed by atoms with Gasteiger partial charge in [0.1, 0.15) is 0 Å². The van der Waals surface area contributed by atoms with Gasteiger partial charge in [-0.3, -0.25) is 19.2 Å². The van der Waals surface area contributed by atoms with Gasteiger partial charge in [0.05, 0.1) is 17.6 Å². The first-order chi connectivity index (χ1) is 12.7. The Morgan fingerprint density at radius 2 is 1.78 bits per heavy atom.